The third-order valence-corrected chi connectivity index (χ3v) is 5.79. The van der Waals surface area contributed by atoms with Crippen LogP contribution in [-0.2, 0) is 9.59 Å². The molecule has 1 aliphatic rings. The van der Waals surface area contributed by atoms with Gasteiger partial charge < -0.3 is 15.5 Å². The minimum Gasteiger partial charge on any atom is -0.354 e. The van der Waals surface area contributed by atoms with E-state index in [-0.39, 0.29) is 30.2 Å². The maximum Gasteiger partial charge on any atom is 0.229 e. The number of para-hydroxylation sites is 2. The molecule has 0 aromatic heterocycles. The summed E-state index contributed by atoms with van der Waals surface area (Å²) >= 11 is 0. The quantitative estimate of drug-likeness (QED) is 0.577. The number of likely N-dealkylation sites (tertiary alicyclic amines) is 1. The van der Waals surface area contributed by atoms with Gasteiger partial charge in [-0.1, -0.05) is 60.2 Å². The number of benzene rings is 3. The van der Waals surface area contributed by atoms with E-state index in [1.807, 2.05) is 92.7 Å². The van der Waals surface area contributed by atoms with Gasteiger partial charge in [0.15, 0.2) is 0 Å². The highest BCUT2D eigenvalue weighted by molar-refractivity contribution is 5.99. The number of nitrogens with one attached hydrogen (secondary N) is 2. The normalized spacial score (nSPS) is 16.8. The number of aryl methyl sites for hydroxylation is 1. The van der Waals surface area contributed by atoms with E-state index >= 15 is 0 Å². The molecule has 5 heteroatoms. The Balaban J connectivity index is 1.44. The molecule has 2 N–H and O–H groups in total. The lowest BCUT2D eigenvalue weighted by Gasteiger charge is -2.25. The molecule has 1 saturated heterocycles. The minimum absolute atomic E-state index is 0.0163. The van der Waals surface area contributed by atoms with Crippen molar-refractivity contribution in [3.05, 3.63) is 90.0 Å². The molecule has 1 heterocycles. The molecular formula is C26H27N3O2. The number of hydrogen-bond donors (Lipinski definition) is 2. The van der Waals surface area contributed by atoms with Gasteiger partial charge in [-0.2, -0.15) is 0 Å². The lowest BCUT2D eigenvalue weighted by atomic mass is 10.1. The van der Waals surface area contributed by atoms with Gasteiger partial charge in [-0.25, -0.2) is 0 Å². The van der Waals surface area contributed by atoms with Crippen molar-refractivity contribution in [2.24, 2.45) is 5.92 Å². The largest absolute Gasteiger partial charge is 0.354 e. The van der Waals surface area contributed by atoms with Crippen molar-refractivity contribution in [1.82, 2.24) is 4.90 Å². The topological polar surface area (TPSA) is 61.4 Å². The van der Waals surface area contributed by atoms with E-state index in [1.165, 1.54) is 5.56 Å². The molecule has 0 saturated carbocycles. The summed E-state index contributed by atoms with van der Waals surface area (Å²) < 4.78 is 0. The molecule has 0 spiro atoms. The van der Waals surface area contributed by atoms with Crippen LogP contribution >= 0.6 is 0 Å². The Morgan fingerprint density at radius 2 is 1.58 bits per heavy atom. The van der Waals surface area contributed by atoms with E-state index in [9.17, 15) is 9.59 Å². The summed E-state index contributed by atoms with van der Waals surface area (Å²) in [7, 11) is 0. The van der Waals surface area contributed by atoms with Crippen molar-refractivity contribution >= 4 is 28.9 Å². The van der Waals surface area contributed by atoms with E-state index in [1.54, 1.807) is 4.90 Å². The van der Waals surface area contributed by atoms with Crippen molar-refractivity contribution in [3.63, 3.8) is 0 Å². The van der Waals surface area contributed by atoms with Gasteiger partial charge >= 0.3 is 0 Å². The van der Waals surface area contributed by atoms with E-state index in [0.717, 1.165) is 16.9 Å². The van der Waals surface area contributed by atoms with Crippen LogP contribution in [0.5, 0.6) is 0 Å². The highest BCUT2D eigenvalue weighted by Crippen LogP contribution is 2.31. The predicted octanol–water partition coefficient (Wildman–Crippen LogP) is 5.29. The highest BCUT2D eigenvalue weighted by atomic mass is 16.2. The average Bonchev–Trinajstić information content (AvgIpc) is 3.18. The van der Waals surface area contributed by atoms with Gasteiger partial charge in [0, 0.05) is 18.7 Å². The van der Waals surface area contributed by atoms with Crippen LogP contribution in [0.4, 0.5) is 17.1 Å². The Morgan fingerprint density at radius 1 is 0.935 bits per heavy atom. The van der Waals surface area contributed by atoms with Gasteiger partial charge in [0.05, 0.1) is 23.3 Å². The summed E-state index contributed by atoms with van der Waals surface area (Å²) in [6.07, 6.45) is 0.233. The molecule has 2 unspecified atom stereocenters. The number of carbonyl (C=O) groups excluding carboxylic acids is 2. The third-order valence-electron chi connectivity index (χ3n) is 5.79. The zero-order valence-corrected chi connectivity index (χ0v) is 17.8. The smallest absolute Gasteiger partial charge is 0.229 e. The maximum atomic E-state index is 13.0. The van der Waals surface area contributed by atoms with Crippen molar-refractivity contribution in [1.29, 1.82) is 0 Å². The summed E-state index contributed by atoms with van der Waals surface area (Å²) in [5, 5.41) is 6.38. The Labute approximate surface area is 183 Å². The first-order valence-corrected chi connectivity index (χ1v) is 10.6. The van der Waals surface area contributed by atoms with Crippen LogP contribution in [0.15, 0.2) is 78.9 Å². The lowest BCUT2D eigenvalue weighted by molar-refractivity contribution is -0.129. The molecule has 1 aliphatic heterocycles. The molecule has 4 rings (SSSR count). The number of carbonyl (C=O) groups is 2. The van der Waals surface area contributed by atoms with Gasteiger partial charge in [-0.05, 0) is 43.7 Å². The number of anilines is 3. The van der Waals surface area contributed by atoms with Crippen LogP contribution in [0.1, 0.15) is 30.5 Å². The van der Waals surface area contributed by atoms with Gasteiger partial charge in [-0.15, -0.1) is 0 Å². The first-order valence-electron chi connectivity index (χ1n) is 10.6. The minimum atomic E-state index is -0.369. The summed E-state index contributed by atoms with van der Waals surface area (Å²) in [4.78, 5) is 27.4. The van der Waals surface area contributed by atoms with Crippen LogP contribution in [-0.4, -0.2) is 23.3 Å². The number of amides is 2. The number of nitrogens with zero attached hydrogens (tertiary/aromatic N) is 1. The van der Waals surface area contributed by atoms with Gasteiger partial charge in [-0.3, -0.25) is 9.59 Å². The zero-order chi connectivity index (χ0) is 21.8. The average molecular weight is 414 g/mol. The van der Waals surface area contributed by atoms with Crippen LogP contribution < -0.4 is 10.6 Å². The van der Waals surface area contributed by atoms with Crippen LogP contribution in [0, 0.1) is 12.8 Å². The molecule has 3 aromatic rings. The second kappa shape index (κ2) is 9.04. The molecule has 0 bridgehead atoms. The lowest BCUT2D eigenvalue weighted by Crippen LogP contribution is -2.30. The molecule has 1 fully saturated rings. The number of hydrogen-bond acceptors (Lipinski definition) is 3. The van der Waals surface area contributed by atoms with Gasteiger partial charge in [0.2, 0.25) is 11.8 Å². The molecule has 5 nitrogen and oxygen atoms in total. The fourth-order valence-electron chi connectivity index (χ4n) is 3.92. The van der Waals surface area contributed by atoms with E-state index < -0.39 is 0 Å². The molecule has 0 aliphatic carbocycles. The summed E-state index contributed by atoms with van der Waals surface area (Å²) in [5.74, 6) is -0.483. The van der Waals surface area contributed by atoms with Gasteiger partial charge in [0.25, 0.3) is 0 Å². The van der Waals surface area contributed by atoms with Crippen molar-refractivity contribution in [2.45, 2.75) is 26.3 Å². The Bertz CT molecular complexity index is 1060. The fourth-order valence-corrected chi connectivity index (χ4v) is 3.92. The third kappa shape index (κ3) is 4.77. The monoisotopic (exact) mass is 413 g/mol. The Hall–Kier alpha value is -3.60. The van der Waals surface area contributed by atoms with Crippen molar-refractivity contribution in [3.8, 4) is 0 Å². The van der Waals surface area contributed by atoms with Crippen molar-refractivity contribution in [2.75, 3.05) is 17.2 Å². The first kappa shape index (κ1) is 20.7. The first-order chi connectivity index (χ1) is 15.0. The number of rotatable bonds is 6. The summed E-state index contributed by atoms with van der Waals surface area (Å²) in [6.45, 7) is 4.48. The van der Waals surface area contributed by atoms with E-state index in [0.29, 0.717) is 12.2 Å². The molecule has 2 amide bonds. The molecule has 158 valence electrons. The summed E-state index contributed by atoms with van der Waals surface area (Å²) in [5.41, 5.74) is 4.73. The van der Waals surface area contributed by atoms with Crippen molar-refractivity contribution < 1.29 is 9.59 Å². The van der Waals surface area contributed by atoms with Gasteiger partial charge in [0.1, 0.15) is 0 Å². The van der Waals surface area contributed by atoms with E-state index in [4.69, 9.17) is 0 Å². The van der Waals surface area contributed by atoms with Crippen LogP contribution in [0.25, 0.3) is 0 Å². The highest BCUT2D eigenvalue weighted by Gasteiger charge is 2.37. The Kier molecular flexibility index (Phi) is 6.03. The standard InChI is InChI=1S/C26H27N3O2/c1-18-12-14-22(15-13-18)27-23-10-6-7-11-24(23)28-26(31)21-16-25(30)29(17-21)19(2)20-8-4-3-5-9-20/h3-15,19,21,27H,16-17H2,1-2H3,(H,28,31). The maximum absolute atomic E-state index is 13.0. The summed E-state index contributed by atoms with van der Waals surface area (Å²) in [6, 6.07) is 25.6. The van der Waals surface area contributed by atoms with Crippen LogP contribution in [0.2, 0.25) is 0 Å². The second-order valence-electron chi connectivity index (χ2n) is 8.06. The fraction of sp³-hybridized carbons (Fsp3) is 0.231. The van der Waals surface area contributed by atoms with E-state index in [2.05, 4.69) is 10.6 Å². The second-order valence-corrected chi connectivity index (χ2v) is 8.06. The molecule has 0 radical (unpaired) electrons. The molecular weight excluding hydrogens is 386 g/mol. The molecule has 3 aromatic carbocycles. The predicted molar refractivity (Wildman–Crippen MR) is 124 cm³/mol. The molecule has 2 atom stereocenters. The molecule has 31 heavy (non-hydrogen) atoms. The Morgan fingerprint density at radius 3 is 2.29 bits per heavy atom. The SMILES string of the molecule is Cc1ccc(Nc2ccccc2NC(=O)C2CC(=O)N(C(C)c3ccccc3)C2)cc1. The zero-order valence-electron chi connectivity index (χ0n) is 17.8. The van der Waals surface area contributed by atoms with Crippen LogP contribution in [0.3, 0.4) is 0 Å².